The minimum absolute atomic E-state index is 0.885. The third-order valence-corrected chi connectivity index (χ3v) is 4.46. The van der Waals surface area contributed by atoms with Crippen molar-refractivity contribution in [2.75, 3.05) is 0 Å². The second-order valence-electron chi connectivity index (χ2n) is 5.33. The average Bonchev–Trinajstić information content (AvgIpc) is 2.60. The van der Waals surface area contributed by atoms with Gasteiger partial charge in [-0.3, -0.25) is 0 Å². The molecule has 0 aliphatic heterocycles. The zero-order valence-electron chi connectivity index (χ0n) is 10.1. The Morgan fingerprint density at radius 1 is 1.25 bits per heavy atom. The van der Waals surface area contributed by atoms with Gasteiger partial charge in [-0.15, -0.1) is 0 Å². The minimum Gasteiger partial charge on any atom is -0.315 e. The molecule has 5 heteroatoms. The van der Waals surface area contributed by atoms with Gasteiger partial charge in [0.15, 0.2) is 5.65 Å². The molecule has 86 valence electrons. The Balaban J connectivity index is 2.05. The normalized spacial score (nSPS) is 12.2. The largest absolute Gasteiger partial charge is 0.315 e. The lowest BCUT2D eigenvalue weighted by molar-refractivity contribution is 0.685. The number of nitrogens with zero attached hydrogens (tertiary/aromatic N) is 4. The van der Waals surface area contributed by atoms with Crippen molar-refractivity contribution in [3.8, 4) is 0 Å². The Hall–Kier alpha value is -1.23. The summed E-state index contributed by atoms with van der Waals surface area (Å²) in [5, 5.41) is 0. The summed E-state index contributed by atoms with van der Waals surface area (Å²) in [5.41, 5.74) is 1.83. The van der Waals surface area contributed by atoms with Crippen molar-refractivity contribution in [1.29, 1.82) is 0 Å². The van der Waals surface area contributed by atoms with Crippen molar-refractivity contribution in [3.05, 3.63) is 18.9 Å². The van der Waals surface area contributed by atoms with E-state index in [0.29, 0.717) is 0 Å². The quantitative estimate of drug-likeness (QED) is 0.764. The van der Waals surface area contributed by atoms with Crippen LogP contribution in [-0.2, 0) is 6.54 Å². The number of rotatable bonds is 4. The van der Waals surface area contributed by atoms with Gasteiger partial charge in [0.2, 0.25) is 0 Å². The average molecular weight is 234 g/mol. The molecule has 0 aromatic carbocycles. The summed E-state index contributed by atoms with van der Waals surface area (Å²) in [7, 11) is -0.925. The van der Waals surface area contributed by atoms with Crippen molar-refractivity contribution in [2.45, 2.75) is 38.7 Å². The van der Waals surface area contributed by atoms with E-state index >= 15 is 0 Å². The van der Waals surface area contributed by atoms with E-state index in [9.17, 15) is 0 Å². The van der Waals surface area contributed by atoms with Crippen LogP contribution in [0.15, 0.2) is 18.9 Å². The van der Waals surface area contributed by atoms with Gasteiger partial charge in [-0.1, -0.05) is 25.7 Å². The van der Waals surface area contributed by atoms with Gasteiger partial charge in [-0.2, -0.15) is 0 Å². The molecule has 0 N–H and O–H groups in total. The van der Waals surface area contributed by atoms with Gasteiger partial charge in [-0.05, 0) is 6.42 Å². The van der Waals surface area contributed by atoms with Crippen molar-refractivity contribution in [1.82, 2.24) is 19.5 Å². The van der Waals surface area contributed by atoms with E-state index in [2.05, 4.69) is 39.2 Å². The van der Waals surface area contributed by atoms with E-state index in [1.54, 1.807) is 12.5 Å². The molecule has 2 aromatic heterocycles. The van der Waals surface area contributed by atoms with E-state index in [1.165, 1.54) is 12.5 Å². The van der Waals surface area contributed by atoms with Gasteiger partial charge in [0.05, 0.1) is 12.5 Å². The molecule has 0 saturated carbocycles. The highest BCUT2D eigenvalue weighted by molar-refractivity contribution is 6.76. The predicted octanol–water partition coefficient (Wildman–Crippen LogP) is 2.55. The minimum atomic E-state index is -0.925. The number of aromatic nitrogens is 4. The van der Waals surface area contributed by atoms with E-state index in [-0.39, 0.29) is 0 Å². The van der Waals surface area contributed by atoms with E-state index in [0.717, 1.165) is 17.7 Å². The van der Waals surface area contributed by atoms with Crippen LogP contribution in [0.1, 0.15) is 6.42 Å². The molecule has 0 spiro atoms. The third kappa shape index (κ3) is 2.66. The molecule has 0 atom stereocenters. The van der Waals surface area contributed by atoms with Crippen LogP contribution in [0.5, 0.6) is 0 Å². The lowest BCUT2D eigenvalue weighted by atomic mass is 10.4. The molecule has 0 amide bonds. The lowest BCUT2D eigenvalue weighted by Crippen LogP contribution is -2.19. The molecule has 0 radical (unpaired) electrons. The van der Waals surface area contributed by atoms with Crippen molar-refractivity contribution in [3.63, 3.8) is 0 Å². The van der Waals surface area contributed by atoms with Gasteiger partial charge in [0.25, 0.3) is 0 Å². The summed E-state index contributed by atoms with van der Waals surface area (Å²) in [5.74, 6) is 0. The van der Waals surface area contributed by atoms with E-state index < -0.39 is 8.07 Å². The molecule has 2 heterocycles. The first-order valence-electron chi connectivity index (χ1n) is 5.67. The van der Waals surface area contributed by atoms with Gasteiger partial charge in [0.1, 0.15) is 11.8 Å². The number of hydrogen-bond acceptors (Lipinski definition) is 3. The summed E-state index contributed by atoms with van der Waals surface area (Å²) < 4.78 is 2.12. The summed E-state index contributed by atoms with van der Waals surface area (Å²) in [6.45, 7) is 8.22. The molecule has 16 heavy (non-hydrogen) atoms. The molecule has 0 aliphatic rings. The highest BCUT2D eigenvalue weighted by Crippen LogP contribution is 2.14. The SMILES string of the molecule is C[Si](C)(C)CCCn1cnc2cncnc21. The maximum atomic E-state index is 4.28. The maximum Gasteiger partial charge on any atom is 0.163 e. The Kier molecular flexibility index (Phi) is 3.05. The van der Waals surface area contributed by atoms with Crippen LogP contribution in [0.3, 0.4) is 0 Å². The first-order valence-corrected chi connectivity index (χ1v) is 9.38. The van der Waals surface area contributed by atoms with Gasteiger partial charge >= 0.3 is 0 Å². The monoisotopic (exact) mass is 234 g/mol. The molecule has 4 nitrogen and oxygen atoms in total. The molecule has 0 fully saturated rings. The van der Waals surface area contributed by atoms with Crippen LogP contribution in [0.25, 0.3) is 11.2 Å². The Morgan fingerprint density at radius 3 is 2.81 bits per heavy atom. The van der Waals surface area contributed by atoms with Gasteiger partial charge in [-0.25, -0.2) is 15.0 Å². The van der Waals surface area contributed by atoms with Crippen LogP contribution in [0, 0.1) is 0 Å². The molecule has 2 aromatic rings. The zero-order valence-corrected chi connectivity index (χ0v) is 11.1. The van der Waals surface area contributed by atoms with Crippen LogP contribution < -0.4 is 0 Å². The van der Waals surface area contributed by atoms with Crippen LogP contribution in [0.4, 0.5) is 0 Å². The van der Waals surface area contributed by atoms with Crippen LogP contribution in [-0.4, -0.2) is 27.6 Å². The number of hydrogen-bond donors (Lipinski definition) is 0. The summed E-state index contributed by atoms with van der Waals surface area (Å²) in [4.78, 5) is 12.5. The number of imidazole rings is 1. The fraction of sp³-hybridized carbons (Fsp3) is 0.545. The highest BCUT2D eigenvalue weighted by atomic mass is 28.3. The topological polar surface area (TPSA) is 43.6 Å². The Labute approximate surface area is 96.8 Å². The van der Waals surface area contributed by atoms with Crippen molar-refractivity contribution in [2.24, 2.45) is 0 Å². The van der Waals surface area contributed by atoms with E-state index in [1.807, 2.05) is 6.33 Å². The Bertz CT molecular complexity index is 472. The van der Waals surface area contributed by atoms with Crippen LogP contribution in [0.2, 0.25) is 25.7 Å². The summed E-state index contributed by atoms with van der Waals surface area (Å²) in [6.07, 6.45) is 6.42. The van der Waals surface area contributed by atoms with Crippen molar-refractivity contribution < 1.29 is 0 Å². The first-order chi connectivity index (χ1) is 7.56. The third-order valence-electron chi connectivity index (χ3n) is 2.61. The molecule has 0 unspecified atom stereocenters. The van der Waals surface area contributed by atoms with E-state index in [4.69, 9.17) is 0 Å². The van der Waals surface area contributed by atoms with Gasteiger partial charge in [0, 0.05) is 14.6 Å². The molecule has 2 rings (SSSR count). The zero-order chi connectivity index (χ0) is 11.6. The fourth-order valence-electron chi connectivity index (χ4n) is 1.76. The molecule has 0 bridgehead atoms. The molecule has 0 aliphatic carbocycles. The first kappa shape index (κ1) is 11.3. The second-order valence-corrected chi connectivity index (χ2v) is 11.0. The molecular formula is C11H18N4Si. The van der Waals surface area contributed by atoms with Crippen molar-refractivity contribution >= 4 is 19.2 Å². The number of aryl methyl sites for hydroxylation is 1. The smallest absolute Gasteiger partial charge is 0.163 e. The Morgan fingerprint density at radius 2 is 2.06 bits per heavy atom. The lowest BCUT2D eigenvalue weighted by Gasteiger charge is -2.15. The summed E-state index contributed by atoms with van der Waals surface area (Å²) >= 11 is 0. The summed E-state index contributed by atoms with van der Waals surface area (Å²) in [6, 6.07) is 1.34. The highest BCUT2D eigenvalue weighted by Gasteiger charge is 2.12. The number of fused-ring (bicyclic) bond motifs is 1. The maximum absolute atomic E-state index is 4.28. The standard InChI is InChI=1S/C11H18N4Si/c1-16(2,3)6-4-5-15-9-14-10-7-12-8-13-11(10)15/h7-9H,4-6H2,1-3H3. The molecule has 0 saturated heterocycles. The fourth-order valence-corrected chi connectivity index (χ4v) is 2.98. The second kappa shape index (κ2) is 4.33. The van der Waals surface area contributed by atoms with Crippen LogP contribution >= 0.6 is 0 Å². The van der Waals surface area contributed by atoms with Gasteiger partial charge < -0.3 is 4.57 Å². The predicted molar refractivity (Wildman–Crippen MR) is 68.1 cm³/mol. The molecular weight excluding hydrogens is 216 g/mol.